The number of anilines is 2. The van der Waals surface area contributed by atoms with Crippen LogP contribution in [0.3, 0.4) is 0 Å². The quantitative estimate of drug-likeness (QED) is 0.591. The van der Waals surface area contributed by atoms with Crippen molar-refractivity contribution in [2.45, 2.75) is 39.7 Å². The summed E-state index contributed by atoms with van der Waals surface area (Å²) in [5.74, 6) is 1.56. The highest BCUT2D eigenvalue weighted by atomic mass is 16.3. The average Bonchev–Trinajstić information content (AvgIpc) is 3.46. The second-order valence-corrected chi connectivity index (χ2v) is 7.99. The van der Waals surface area contributed by atoms with Crippen molar-refractivity contribution in [3.8, 4) is 5.69 Å². The summed E-state index contributed by atoms with van der Waals surface area (Å²) < 4.78 is 7.18. The first-order valence-corrected chi connectivity index (χ1v) is 11.1. The molecule has 3 heterocycles. The van der Waals surface area contributed by atoms with E-state index >= 15 is 0 Å². The number of carbonyl (C=O) groups excluding carboxylic acids is 2. The minimum atomic E-state index is -0.0518. The van der Waals surface area contributed by atoms with Gasteiger partial charge < -0.3 is 20.0 Å². The topological polar surface area (TPSA) is 92.4 Å². The van der Waals surface area contributed by atoms with E-state index in [1.165, 1.54) is 0 Å². The van der Waals surface area contributed by atoms with Gasteiger partial charge in [0, 0.05) is 25.4 Å². The molecule has 32 heavy (non-hydrogen) atoms. The van der Waals surface area contributed by atoms with Crippen LogP contribution in [0.5, 0.6) is 0 Å². The summed E-state index contributed by atoms with van der Waals surface area (Å²) in [6, 6.07) is 13.6. The van der Waals surface area contributed by atoms with E-state index in [9.17, 15) is 9.59 Å². The SMILES string of the molecule is CCC(=O)Nc1c(C)nn(-c2ccccc2)c1N1CCC(C(=O)NCc2ccco2)CC1. The highest BCUT2D eigenvalue weighted by Crippen LogP contribution is 2.35. The summed E-state index contributed by atoms with van der Waals surface area (Å²) in [7, 11) is 0. The minimum absolute atomic E-state index is 0.0471. The molecule has 1 saturated heterocycles. The lowest BCUT2D eigenvalue weighted by Crippen LogP contribution is -2.41. The molecule has 1 fully saturated rings. The van der Waals surface area contributed by atoms with Crippen molar-refractivity contribution in [1.29, 1.82) is 0 Å². The van der Waals surface area contributed by atoms with Crippen molar-refractivity contribution in [2.75, 3.05) is 23.3 Å². The number of carbonyl (C=O) groups is 2. The van der Waals surface area contributed by atoms with Gasteiger partial charge in [-0.2, -0.15) is 5.10 Å². The molecule has 1 aliphatic heterocycles. The normalized spacial score (nSPS) is 14.4. The third kappa shape index (κ3) is 4.69. The highest BCUT2D eigenvalue weighted by Gasteiger charge is 2.30. The van der Waals surface area contributed by atoms with Crippen molar-refractivity contribution < 1.29 is 14.0 Å². The molecule has 0 spiro atoms. The Bertz CT molecular complexity index is 1050. The molecule has 0 saturated carbocycles. The van der Waals surface area contributed by atoms with Crippen LogP contribution in [-0.2, 0) is 16.1 Å². The van der Waals surface area contributed by atoms with E-state index < -0.39 is 0 Å². The van der Waals surface area contributed by atoms with E-state index in [2.05, 4.69) is 15.5 Å². The van der Waals surface area contributed by atoms with Gasteiger partial charge in [0.1, 0.15) is 11.4 Å². The number of rotatable bonds is 7. The maximum atomic E-state index is 12.6. The van der Waals surface area contributed by atoms with Crippen molar-refractivity contribution in [1.82, 2.24) is 15.1 Å². The number of furan rings is 1. The van der Waals surface area contributed by atoms with E-state index in [0.29, 0.717) is 26.1 Å². The largest absolute Gasteiger partial charge is 0.467 e. The van der Waals surface area contributed by atoms with Gasteiger partial charge in [0.05, 0.1) is 24.2 Å². The van der Waals surface area contributed by atoms with E-state index in [-0.39, 0.29) is 17.7 Å². The fourth-order valence-corrected chi connectivity index (χ4v) is 4.02. The Hall–Kier alpha value is -3.55. The molecular weight excluding hydrogens is 406 g/mol. The zero-order valence-corrected chi connectivity index (χ0v) is 18.5. The van der Waals surface area contributed by atoms with Crippen LogP contribution in [-0.4, -0.2) is 34.7 Å². The Kier molecular flexibility index (Phi) is 6.58. The number of aromatic nitrogens is 2. The summed E-state index contributed by atoms with van der Waals surface area (Å²) in [6.45, 7) is 5.54. The molecule has 0 aliphatic carbocycles. The number of para-hydroxylation sites is 1. The molecule has 4 rings (SSSR count). The highest BCUT2D eigenvalue weighted by molar-refractivity contribution is 5.94. The predicted molar refractivity (Wildman–Crippen MR) is 123 cm³/mol. The molecule has 0 bridgehead atoms. The van der Waals surface area contributed by atoms with Gasteiger partial charge in [-0.15, -0.1) is 0 Å². The van der Waals surface area contributed by atoms with Crippen molar-refractivity contribution in [2.24, 2.45) is 5.92 Å². The molecule has 168 valence electrons. The number of hydrogen-bond donors (Lipinski definition) is 2. The van der Waals surface area contributed by atoms with Crippen LogP contribution in [0, 0.1) is 12.8 Å². The predicted octanol–water partition coefficient (Wildman–Crippen LogP) is 3.66. The standard InChI is InChI=1S/C24H29N5O3/c1-3-21(30)26-22-17(2)27-29(19-8-5-4-6-9-19)24(22)28-13-11-18(12-14-28)23(31)25-16-20-10-7-15-32-20/h4-10,15,18H,3,11-14,16H2,1-2H3,(H,25,31)(H,26,30). The van der Waals surface area contributed by atoms with E-state index in [1.807, 2.05) is 61.0 Å². The summed E-state index contributed by atoms with van der Waals surface area (Å²) in [4.78, 5) is 27.0. The number of benzene rings is 1. The van der Waals surface area contributed by atoms with Crippen molar-refractivity contribution in [3.05, 3.63) is 60.2 Å². The maximum Gasteiger partial charge on any atom is 0.224 e. The van der Waals surface area contributed by atoms with Gasteiger partial charge in [0.25, 0.3) is 0 Å². The number of nitrogens with zero attached hydrogens (tertiary/aromatic N) is 3. The molecule has 1 aromatic carbocycles. The molecule has 1 aliphatic rings. The molecule has 0 unspecified atom stereocenters. The minimum Gasteiger partial charge on any atom is -0.467 e. The Labute approximate surface area is 187 Å². The fourth-order valence-electron chi connectivity index (χ4n) is 4.02. The van der Waals surface area contributed by atoms with Gasteiger partial charge >= 0.3 is 0 Å². The molecule has 8 heteroatoms. The van der Waals surface area contributed by atoms with Crippen LogP contribution in [0.15, 0.2) is 53.1 Å². The van der Waals surface area contributed by atoms with Crippen LogP contribution < -0.4 is 15.5 Å². The first-order valence-electron chi connectivity index (χ1n) is 11.1. The monoisotopic (exact) mass is 435 g/mol. The van der Waals surface area contributed by atoms with Gasteiger partial charge in [-0.25, -0.2) is 4.68 Å². The van der Waals surface area contributed by atoms with Crippen molar-refractivity contribution >= 4 is 23.3 Å². The number of aryl methyl sites for hydroxylation is 1. The van der Waals surface area contributed by atoms with Crippen LogP contribution in [0.2, 0.25) is 0 Å². The molecule has 2 amide bonds. The summed E-state index contributed by atoms with van der Waals surface area (Å²) in [6.07, 6.45) is 3.45. The Balaban J connectivity index is 1.51. The number of nitrogens with one attached hydrogen (secondary N) is 2. The lowest BCUT2D eigenvalue weighted by Gasteiger charge is -2.33. The molecule has 2 N–H and O–H groups in total. The smallest absolute Gasteiger partial charge is 0.224 e. The zero-order chi connectivity index (χ0) is 22.5. The first kappa shape index (κ1) is 21.7. The van der Waals surface area contributed by atoms with Crippen LogP contribution >= 0.6 is 0 Å². The molecule has 2 aromatic heterocycles. The number of piperidine rings is 1. The Morgan fingerprint density at radius 2 is 1.88 bits per heavy atom. The van der Waals surface area contributed by atoms with E-state index in [4.69, 9.17) is 9.52 Å². The van der Waals surface area contributed by atoms with E-state index in [0.717, 1.165) is 41.5 Å². The van der Waals surface area contributed by atoms with Gasteiger partial charge in [-0.05, 0) is 44.0 Å². The third-order valence-electron chi connectivity index (χ3n) is 5.80. The Morgan fingerprint density at radius 3 is 2.53 bits per heavy atom. The van der Waals surface area contributed by atoms with Crippen LogP contribution in [0.4, 0.5) is 11.5 Å². The molecule has 0 atom stereocenters. The lowest BCUT2D eigenvalue weighted by atomic mass is 9.95. The maximum absolute atomic E-state index is 12.6. The average molecular weight is 436 g/mol. The summed E-state index contributed by atoms with van der Waals surface area (Å²) >= 11 is 0. The van der Waals surface area contributed by atoms with Gasteiger partial charge in [0.2, 0.25) is 11.8 Å². The summed E-state index contributed by atoms with van der Waals surface area (Å²) in [5, 5.41) is 10.7. The summed E-state index contributed by atoms with van der Waals surface area (Å²) in [5.41, 5.74) is 2.44. The number of hydrogen-bond acceptors (Lipinski definition) is 5. The van der Waals surface area contributed by atoms with Crippen molar-refractivity contribution in [3.63, 3.8) is 0 Å². The fraction of sp³-hybridized carbons (Fsp3) is 0.375. The van der Waals surface area contributed by atoms with Crippen LogP contribution in [0.25, 0.3) is 5.69 Å². The molecule has 8 nitrogen and oxygen atoms in total. The molecular formula is C24H29N5O3. The molecule has 0 radical (unpaired) electrons. The third-order valence-corrected chi connectivity index (χ3v) is 5.80. The first-order chi connectivity index (χ1) is 15.6. The second kappa shape index (κ2) is 9.72. The van der Waals surface area contributed by atoms with Gasteiger partial charge in [-0.1, -0.05) is 25.1 Å². The lowest BCUT2D eigenvalue weighted by molar-refractivity contribution is -0.125. The molecule has 3 aromatic rings. The van der Waals surface area contributed by atoms with Gasteiger partial charge in [-0.3, -0.25) is 9.59 Å². The zero-order valence-electron chi connectivity index (χ0n) is 18.5. The van der Waals surface area contributed by atoms with Crippen LogP contribution in [0.1, 0.15) is 37.6 Å². The Morgan fingerprint density at radius 1 is 1.12 bits per heavy atom. The number of amides is 2. The van der Waals surface area contributed by atoms with Gasteiger partial charge in [0.15, 0.2) is 5.82 Å². The van der Waals surface area contributed by atoms with E-state index in [1.54, 1.807) is 6.26 Å². The second-order valence-electron chi connectivity index (χ2n) is 7.99.